The second kappa shape index (κ2) is 3.94. The van der Waals surface area contributed by atoms with Gasteiger partial charge in [0.15, 0.2) is 11.6 Å². The molecule has 1 aromatic rings. The molecule has 1 fully saturated rings. The molecule has 4 nitrogen and oxygen atoms in total. The quantitative estimate of drug-likeness (QED) is 0.806. The van der Waals surface area contributed by atoms with Crippen LogP contribution < -0.4 is 4.90 Å². The molecular formula is C11H7F2N3O. The van der Waals surface area contributed by atoms with Gasteiger partial charge in [-0.2, -0.15) is 5.26 Å². The van der Waals surface area contributed by atoms with Crippen molar-refractivity contribution in [3.63, 3.8) is 0 Å². The Labute approximate surface area is 95.6 Å². The highest BCUT2D eigenvalue weighted by molar-refractivity contribution is 6.22. The SMILES string of the molecule is N#CC1CC(=O)N(c2ccc(F)c(F)c2)C1=N. The summed E-state index contributed by atoms with van der Waals surface area (Å²) in [6, 6.07) is 4.73. The largest absolute Gasteiger partial charge is 0.287 e. The lowest BCUT2D eigenvalue weighted by atomic mass is 10.1. The maximum absolute atomic E-state index is 13.0. The molecule has 1 heterocycles. The molecule has 86 valence electrons. The Balaban J connectivity index is 2.41. The lowest BCUT2D eigenvalue weighted by Gasteiger charge is -2.16. The zero-order valence-corrected chi connectivity index (χ0v) is 8.58. The molecule has 1 saturated heterocycles. The minimum atomic E-state index is -1.09. The van der Waals surface area contributed by atoms with Crippen molar-refractivity contribution < 1.29 is 13.6 Å². The average Bonchev–Trinajstić information content (AvgIpc) is 2.58. The number of hydrogen-bond acceptors (Lipinski definition) is 3. The van der Waals surface area contributed by atoms with Gasteiger partial charge in [0.05, 0.1) is 18.2 Å². The van der Waals surface area contributed by atoms with Crippen molar-refractivity contribution in [2.75, 3.05) is 4.90 Å². The summed E-state index contributed by atoms with van der Waals surface area (Å²) in [6.07, 6.45) is -0.103. The lowest BCUT2D eigenvalue weighted by Crippen LogP contribution is -2.29. The van der Waals surface area contributed by atoms with Crippen molar-refractivity contribution in [2.24, 2.45) is 5.92 Å². The first-order valence-electron chi connectivity index (χ1n) is 4.80. The summed E-state index contributed by atoms with van der Waals surface area (Å²) in [4.78, 5) is 12.5. The second-order valence-electron chi connectivity index (χ2n) is 3.60. The molecule has 0 aromatic heterocycles. The highest BCUT2D eigenvalue weighted by Crippen LogP contribution is 2.27. The summed E-state index contributed by atoms with van der Waals surface area (Å²) in [6.45, 7) is 0. The van der Waals surface area contributed by atoms with E-state index in [2.05, 4.69) is 0 Å². The van der Waals surface area contributed by atoms with Crippen LogP contribution in [0.2, 0.25) is 0 Å². The van der Waals surface area contributed by atoms with Crippen LogP contribution in [0.15, 0.2) is 18.2 Å². The van der Waals surface area contributed by atoms with Crippen LogP contribution in [-0.4, -0.2) is 11.7 Å². The number of halogens is 2. The number of amides is 1. The van der Waals surface area contributed by atoms with Gasteiger partial charge >= 0.3 is 0 Å². The molecule has 0 aliphatic carbocycles. The van der Waals surface area contributed by atoms with E-state index in [1.165, 1.54) is 6.07 Å². The number of rotatable bonds is 1. The fraction of sp³-hybridized carbons (Fsp3) is 0.182. The normalized spacial score (nSPS) is 19.6. The van der Waals surface area contributed by atoms with Gasteiger partial charge in [-0.25, -0.2) is 8.78 Å². The Hall–Kier alpha value is -2.29. The van der Waals surface area contributed by atoms with Gasteiger partial charge in [0.25, 0.3) is 0 Å². The molecule has 0 radical (unpaired) electrons. The average molecular weight is 235 g/mol. The number of carbonyl (C=O) groups excluding carboxylic acids is 1. The number of amidine groups is 1. The van der Waals surface area contributed by atoms with Gasteiger partial charge in [-0.05, 0) is 12.1 Å². The summed E-state index contributed by atoms with van der Waals surface area (Å²) < 4.78 is 25.8. The topological polar surface area (TPSA) is 68.0 Å². The van der Waals surface area contributed by atoms with Crippen molar-refractivity contribution in [2.45, 2.75) is 6.42 Å². The number of benzene rings is 1. The summed E-state index contributed by atoms with van der Waals surface area (Å²) >= 11 is 0. The smallest absolute Gasteiger partial charge is 0.234 e. The molecule has 1 aliphatic rings. The summed E-state index contributed by atoms with van der Waals surface area (Å²) in [5.41, 5.74) is 0.0663. The number of nitriles is 1. The monoisotopic (exact) mass is 235 g/mol. The van der Waals surface area contributed by atoms with Crippen LogP contribution in [0.25, 0.3) is 0 Å². The maximum Gasteiger partial charge on any atom is 0.234 e. The number of hydrogen-bond donors (Lipinski definition) is 1. The van der Waals surface area contributed by atoms with E-state index in [1.54, 1.807) is 0 Å². The van der Waals surface area contributed by atoms with Gasteiger partial charge in [0.2, 0.25) is 5.91 Å². The molecule has 1 amide bonds. The zero-order valence-electron chi connectivity index (χ0n) is 8.58. The first-order chi connectivity index (χ1) is 8.04. The lowest BCUT2D eigenvalue weighted by molar-refractivity contribution is -0.117. The van der Waals surface area contributed by atoms with Crippen LogP contribution in [0.4, 0.5) is 14.5 Å². The third-order valence-electron chi connectivity index (χ3n) is 2.52. The minimum absolute atomic E-state index is 0.0663. The molecule has 6 heteroatoms. The fourth-order valence-corrected chi connectivity index (χ4v) is 1.67. The van der Waals surface area contributed by atoms with Gasteiger partial charge < -0.3 is 0 Å². The molecule has 1 atom stereocenters. The highest BCUT2D eigenvalue weighted by atomic mass is 19.2. The third kappa shape index (κ3) is 1.76. The van der Waals surface area contributed by atoms with Crippen molar-refractivity contribution in [1.29, 1.82) is 10.7 Å². The first-order valence-corrected chi connectivity index (χ1v) is 4.80. The molecule has 1 aromatic carbocycles. The number of nitrogens with zero attached hydrogens (tertiary/aromatic N) is 2. The van der Waals surface area contributed by atoms with E-state index in [0.29, 0.717) is 0 Å². The van der Waals surface area contributed by atoms with Crippen LogP contribution in [0, 0.1) is 34.3 Å². The third-order valence-corrected chi connectivity index (χ3v) is 2.52. The van der Waals surface area contributed by atoms with E-state index in [0.717, 1.165) is 17.0 Å². The van der Waals surface area contributed by atoms with Gasteiger partial charge in [0.1, 0.15) is 11.8 Å². The van der Waals surface area contributed by atoms with Gasteiger partial charge in [-0.1, -0.05) is 0 Å². The highest BCUT2D eigenvalue weighted by Gasteiger charge is 2.36. The Bertz CT molecular complexity index is 550. The van der Waals surface area contributed by atoms with E-state index >= 15 is 0 Å². The maximum atomic E-state index is 13.0. The van der Waals surface area contributed by atoms with Gasteiger partial charge in [-0.15, -0.1) is 0 Å². The fourth-order valence-electron chi connectivity index (χ4n) is 1.67. The predicted octanol–water partition coefficient (Wildman–Crippen LogP) is 1.82. The van der Waals surface area contributed by atoms with Crippen molar-refractivity contribution in [3.05, 3.63) is 29.8 Å². The van der Waals surface area contributed by atoms with Crippen LogP contribution in [0.3, 0.4) is 0 Å². The summed E-state index contributed by atoms with van der Waals surface area (Å²) in [7, 11) is 0. The molecule has 2 rings (SSSR count). The number of nitrogens with one attached hydrogen (secondary N) is 1. The molecule has 1 aliphatic heterocycles. The molecule has 17 heavy (non-hydrogen) atoms. The standard InChI is InChI=1S/C11H7F2N3O/c12-8-2-1-7(4-9(8)13)16-10(17)3-6(5-14)11(16)15/h1-2,4,6,15H,3H2. The summed E-state index contributed by atoms with van der Waals surface area (Å²) in [5.74, 6) is -3.61. The van der Waals surface area contributed by atoms with E-state index in [4.69, 9.17) is 10.7 Å². The van der Waals surface area contributed by atoms with E-state index < -0.39 is 23.5 Å². The van der Waals surface area contributed by atoms with Crippen molar-refractivity contribution in [1.82, 2.24) is 0 Å². The Morgan fingerprint density at radius 1 is 1.41 bits per heavy atom. The molecular weight excluding hydrogens is 228 g/mol. The van der Waals surface area contributed by atoms with E-state index in [9.17, 15) is 13.6 Å². The van der Waals surface area contributed by atoms with Crippen LogP contribution in [0.5, 0.6) is 0 Å². The van der Waals surface area contributed by atoms with Crippen LogP contribution in [-0.2, 0) is 4.79 Å². The van der Waals surface area contributed by atoms with Gasteiger partial charge in [0, 0.05) is 6.07 Å². The Kier molecular flexibility index (Phi) is 2.60. The number of carbonyl (C=O) groups is 1. The molecule has 0 bridgehead atoms. The Morgan fingerprint density at radius 3 is 2.65 bits per heavy atom. The zero-order chi connectivity index (χ0) is 12.6. The molecule has 1 N–H and O–H groups in total. The molecule has 0 saturated carbocycles. The molecule has 1 unspecified atom stereocenters. The van der Waals surface area contributed by atoms with E-state index in [1.807, 2.05) is 6.07 Å². The van der Waals surface area contributed by atoms with E-state index in [-0.39, 0.29) is 17.9 Å². The first kappa shape index (κ1) is 11.2. The van der Waals surface area contributed by atoms with Crippen LogP contribution >= 0.6 is 0 Å². The Morgan fingerprint density at radius 2 is 2.12 bits per heavy atom. The minimum Gasteiger partial charge on any atom is -0.287 e. The van der Waals surface area contributed by atoms with Gasteiger partial charge in [-0.3, -0.25) is 15.1 Å². The molecule has 0 spiro atoms. The summed E-state index contributed by atoms with van der Waals surface area (Å²) in [5, 5.41) is 16.3. The van der Waals surface area contributed by atoms with Crippen molar-refractivity contribution in [3.8, 4) is 6.07 Å². The second-order valence-corrected chi connectivity index (χ2v) is 3.60. The van der Waals surface area contributed by atoms with Crippen molar-refractivity contribution >= 4 is 17.4 Å². The van der Waals surface area contributed by atoms with Crippen LogP contribution in [0.1, 0.15) is 6.42 Å². The predicted molar refractivity (Wildman–Crippen MR) is 55.3 cm³/mol. The number of anilines is 1.